The first-order valence-corrected chi connectivity index (χ1v) is 13.7. The number of likely N-dealkylation sites (tertiary alicyclic amines) is 1. The van der Waals surface area contributed by atoms with Crippen LogP contribution in [0, 0.1) is 5.92 Å². The van der Waals surface area contributed by atoms with Gasteiger partial charge in [-0.15, -0.1) is 0 Å². The van der Waals surface area contributed by atoms with E-state index in [0.717, 1.165) is 30.5 Å². The van der Waals surface area contributed by atoms with Gasteiger partial charge in [0.1, 0.15) is 31.5 Å². The summed E-state index contributed by atoms with van der Waals surface area (Å²) in [6.45, 7) is 0.718. The Balaban J connectivity index is 1.22. The van der Waals surface area contributed by atoms with Crippen LogP contribution in [0.1, 0.15) is 31.2 Å². The van der Waals surface area contributed by atoms with Crippen molar-refractivity contribution in [3.63, 3.8) is 0 Å². The van der Waals surface area contributed by atoms with E-state index >= 15 is 0 Å². The second-order valence-corrected chi connectivity index (χ2v) is 11.3. The molecule has 3 heterocycles. The van der Waals surface area contributed by atoms with Crippen LogP contribution in [0.25, 0.3) is 0 Å². The third-order valence-electron chi connectivity index (χ3n) is 6.65. The number of piperidine rings is 1. The summed E-state index contributed by atoms with van der Waals surface area (Å²) in [7, 11) is -3.25. The lowest BCUT2D eigenvalue weighted by Gasteiger charge is -2.31. The molecule has 1 aromatic heterocycles. The first-order chi connectivity index (χ1) is 16.9. The van der Waals surface area contributed by atoms with Crippen LogP contribution in [0.15, 0.2) is 35.5 Å². The normalized spacial score (nSPS) is 18.4. The molecule has 1 saturated carbocycles. The lowest BCUT2D eigenvalue weighted by atomic mass is 10.1. The predicted octanol–water partition coefficient (Wildman–Crippen LogP) is 3.30. The van der Waals surface area contributed by atoms with Gasteiger partial charge in [-0.2, -0.15) is 0 Å². The topological polar surface area (TPSA) is 102 Å². The summed E-state index contributed by atoms with van der Waals surface area (Å²) in [4.78, 5) is 24.5. The molecule has 0 N–H and O–H groups in total. The van der Waals surface area contributed by atoms with E-state index in [1.165, 1.54) is 6.33 Å². The number of benzene rings is 1. The third kappa shape index (κ3) is 5.50. The number of anilines is 2. The van der Waals surface area contributed by atoms with Crippen molar-refractivity contribution in [2.75, 3.05) is 43.6 Å². The Hall–Kier alpha value is -2.95. The number of nitrogens with zero attached hydrogens (tertiary/aromatic N) is 4. The SMILES string of the molecule is O=C(OCCF)N1CCC(Oc2cc(N3CCc4cc(S(=O)(=O)CC5CC5)ccc43)ncn2)CC1. The molecule has 5 rings (SSSR count). The van der Waals surface area contributed by atoms with Gasteiger partial charge in [-0.25, -0.2) is 27.6 Å². The Morgan fingerprint density at radius 2 is 1.89 bits per heavy atom. The largest absolute Gasteiger partial charge is 0.474 e. The number of hydrogen-bond donors (Lipinski definition) is 0. The zero-order chi connectivity index (χ0) is 24.4. The average Bonchev–Trinajstić information content (AvgIpc) is 3.56. The van der Waals surface area contributed by atoms with Crippen molar-refractivity contribution >= 4 is 27.4 Å². The number of ether oxygens (including phenoxy) is 2. The van der Waals surface area contributed by atoms with Gasteiger partial charge >= 0.3 is 6.09 Å². The Kier molecular flexibility index (Phi) is 6.77. The zero-order valence-electron chi connectivity index (χ0n) is 19.4. The van der Waals surface area contributed by atoms with Crippen molar-refractivity contribution < 1.29 is 27.1 Å². The number of carbonyl (C=O) groups excluding carboxylic acids is 1. The number of amides is 1. The van der Waals surface area contributed by atoms with Crippen molar-refractivity contribution in [1.29, 1.82) is 0 Å². The van der Waals surface area contributed by atoms with E-state index in [1.54, 1.807) is 23.1 Å². The van der Waals surface area contributed by atoms with Gasteiger partial charge in [-0.1, -0.05) is 0 Å². The highest BCUT2D eigenvalue weighted by Crippen LogP contribution is 2.37. The van der Waals surface area contributed by atoms with Crippen molar-refractivity contribution in [2.24, 2.45) is 5.92 Å². The summed E-state index contributed by atoms with van der Waals surface area (Å²) in [6.07, 6.45) is 4.84. The molecule has 1 aromatic carbocycles. The highest BCUT2D eigenvalue weighted by Gasteiger charge is 2.31. The number of alkyl halides is 1. The van der Waals surface area contributed by atoms with Crippen molar-refractivity contribution in [1.82, 2.24) is 14.9 Å². The van der Waals surface area contributed by atoms with Crippen LogP contribution in [0.5, 0.6) is 5.88 Å². The molecule has 11 heteroatoms. The maximum absolute atomic E-state index is 12.7. The maximum atomic E-state index is 12.7. The summed E-state index contributed by atoms with van der Waals surface area (Å²) in [5.74, 6) is 1.69. The quantitative estimate of drug-likeness (QED) is 0.540. The number of rotatable bonds is 8. The molecule has 0 bridgehead atoms. The highest BCUT2D eigenvalue weighted by molar-refractivity contribution is 7.91. The van der Waals surface area contributed by atoms with Crippen LogP contribution in [0.3, 0.4) is 0 Å². The summed E-state index contributed by atoms with van der Waals surface area (Å²) < 4.78 is 48.5. The van der Waals surface area contributed by atoms with Gasteiger partial charge in [0, 0.05) is 44.2 Å². The fraction of sp³-hybridized carbons (Fsp3) is 0.542. The lowest BCUT2D eigenvalue weighted by Crippen LogP contribution is -2.42. The first kappa shape index (κ1) is 23.8. The third-order valence-corrected chi connectivity index (χ3v) is 8.53. The lowest BCUT2D eigenvalue weighted by molar-refractivity contribution is 0.0632. The smallest absolute Gasteiger partial charge is 0.409 e. The fourth-order valence-corrected chi connectivity index (χ4v) is 6.33. The highest BCUT2D eigenvalue weighted by atomic mass is 32.2. The number of hydrogen-bond acceptors (Lipinski definition) is 8. The zero-order valence-corrected chi connectivity index (χ0v) is 20.3. The molecule has 2 aliphatic heterocycles. The van der Waals surface area contributed by atoms with Gasteiger partial charge in [0.05, 0.1) is 10.6 Å². The minimum atomic E-state index is -3.25. The second-order valence-electron chi connectivity index (χ2n) is 9.24. The monoisotopic (exact) mass is 504 g/mol. The molecule has 9 nitrogen and oxygen atoms in total. The summed E-state index contributed by atoms with van der Waals surface area (Å²) in [5.41, 5.74) is 1.94. The minimum absolute atomic E-state index is 0.104. The van der Waals surface area contributed by atoms with Crippen molar-refractivity contribution in [3.05, 3.63) is 36.2 Å². The van der Waals surface area contributed by atoms with Gasteiger partial charge in [0.15, 0.2) is 9.84 Å². The number of fused-ring (bicyclic) bond motifs is 1. The predicted molar refractivity (Wildman–Crippen MR) is 127 cm³/mol. The van der Waals surface area contributed by atoms with E-state index in [-0.39, 0.29) is 18.5 Å². The number of carbonyl (C=O) groups is 1. The number of halogens is 1. The molecule has 0 unspecified atom stereocenters. The van der Waals surface area contributed by atoms with Crippen LogP contribution >= 0.6 is 0 Å². The Morgan fingerprint density at radius 1 is 1.09 bits per heavy atom. The van der Waals surface area contributed by atoms with Gasteiger partial charge in [0.2, 0.25) is 5.88 Å². The van der Waals surface area contributed by atoms with Crippen LogP contribution in [0.2, 0.25) is 0 Å². The van der Waals surface area contributed by atoms with Crippen LogP contribution < -0.4 is 9.64 Å². The Labute approximate surface area is 204 Å². The molecule has 188 valence electrons. The molecule has 1 aliphatic carbocycles. The van der Waals surface area contributed by atoms with E-state index in [0.29, 0.717) is 55.0 Å². The molecule has 1 saturated heterocycles. The van der Waals surface area contributed by atoms with E-state index in [9.17, 15) is 17.6 Å². The fourth-order valence-electron chi connectivity index (χ4n) is 4.59. The second kappa shape index (κ2) is 9.96. The Bertz CT molecular complexity index is 1180. The summed E-state index contributed by atoms with van der Waals surface area (Å²) in [5, 5.41) is 0. The molecular formula is C24H29FN4O5S. The van der Waals surface area contributed by atoms with E-state index in [1.807, 2.05) is 11.0 Å². The van der Waals surface area contributed by atoms with E-state index in [2.05, 4.69) is 9.97 Å². The van der Waals surface area contributed by atoms with Crippen molar-refractivity contribution in [2.45, 2.75) is 43.1 Å². The van der Waals surface area contributed by atoms with Gasteiger partial charge in [0.25, 0.3) is 0 Å². The molecule has 35 heavy (non-hydrogen) atoms. The molecule has 0 radical (unpaired) electrons. The van der Waals surface area contributed by atoms with Crippen LogP contribution in [-0.2, 0) is 21.0 Å². The first-order valence-electron chi connectivity index (χ1n) is 12.0. The average molecular weight is 505 g/mol. The molecule has 2 aromatic rings. The summed E-state index contributed by atoms with van der Waals surface area (Å²) in [6, 6.07) is 7.15. The van der Waals surface area contributed by atoms with E-state index < -0.39 is 22.6 Å². The number of aromatic nitrogens is 2. The molecular weight excluding hydrogens is 475 g/mol. The van der Waals surface area contributed by atoms with Crippen molar-refractivity contribution in [3.8, 4) is 5.88 Å². The Morgan fingerprint density at radius 3 is 2.63 bits per heavy atom. The van der Waals surface area contributed by atoms with Gasteiger partial charge in [-0.05, 0) is 48.9 Å². The van der Waals surface area contributed by atoms with Gasteiger partial charge < -0.3 is 19.3 Å². The van der Waals surface area contributed by atoms with Crippen LogP contribution in [0.4, 0.5) is 20.7 Å². The molecule has 0 atom stereocenters. The standard InChI is InChI=1S/C24H29FN4O5S/c25-8-12-33-24(30)28-9-6-19(7-10-28)34-23-14-22(26-16-27-23)29-11-5-18-13-20(3-4-21(18)29)35(31,32)15-17-1-2-17/h3-4,13-14,16-17,19H,1-2,5-12,15H2. The maximum Gasteiger partial charge on any atom is 0.409 e. The molecule has 2 fully saturated rings. The minimum Gasteiger partial charge on any atom is -0.474 e. The van der Waals surface area contributed by atoms with Crippen LogP contribution in [-0.4, -0.2) is 74.2 Å². The van der Waals surface area contributed by atoms with Gasteiger partial charge in [-0.3, -0.25) is 0 Å². The molecule has 0 spiro atoms. The number of sulfone groups is 1. The van der Waals surface area contributed by atoms with E-state index in [4.69, 9.17) is 9.47 Å². The molecule has 1 amide bonds. The molecule has 3 aliphatic rings. The summed E-state index contributed by atoms with van der Waals surface area (Å²) >= 11 is 0.